The van der Waals surface area contributed by atoms with Crippen LogP contribution in [0.1, 0.15) is 64.7 Å². The number of halogens is 1. The highest BCUT2D eigenvalue weighted by Crippen LogP contribution is 2.38. The van der Waals surface area contributed by atoms with Crippen molar-refractivity contribution in [2.45, 2.75) is 70.3 Å². The Labute approximate surface area is 115 Å². The lowest BCUT2D eigenvalue weighted by atomic mass is 9.78. The monoisotopic (exact) mass is 302 g/mol. The van der Waals surface area contributed by atoms with Crippen molar-refractivity contribution in [3.63, 3.8) is 0 Å². The van der Waals surface area contributed by atoms with E-state index in [2.05, 4.69) is 22.9 Å². The molecule has 0 aromatic rings. The van der Waals surface area contributed by atoms with E-state index in [4.69, 9.17) is 4.74 Å². The molecule has 2 heteroatoms. The molecule has 100 valence electrons. The average molecular weight is 303 g/mol. The standard InChI is InChI=1S/C15H27BrO/c1-2-13-7-9-15(12-16,10-8-13)17-11-14-5-3-4-6-14/h13-14H,2-12H2,1H3. The van der Waals surface area contributed by atoms with Gasteiger partial charge in [-0.05, 0) is 50.4 Å². The molecule has 0 N–H and O–H groups in total. The molecular formula is C15H27BrO. The molecule has 2 aliphatic carbocycles. The molecule has 17 heavy (non-hydrogen) atoms. The van der Waals surface area contributed by atoms with Crippen LogP contribution in [0.2, 0.25) is 0 Å². The van der Waals surface area contributed by atoms with Gasteiger partial charge in [0.15, 0.2) is 0 Å². The summed E-state index contributed by atoms with van der Waals surface area (Å²) in [5, 5.41) is 1.03. The normalized spacial score (nSPS) is 35.3. The predicted octanol–water partition coefficient (Wildman–Crippen LogP) is 4.93. The fourth-order valence-corrected chi connectivity index (χ4v) is 4.12. The molecule has 0 amide bonds. The Balaban J connectivity index is 1.78. The minimum atomic E-state index is 0.175. The van der Waals surface area contributed by atoms with Crippen LogP contribution in [0.4, 0.5) is 0 Å². The SMILES string of the molecule is CCC1CCC(CBr)(OCC2CCCC2)CC1. The molecule has 0 spiro atoms. The summed E-state index contributed by atoms with van der Waals surface area (Å²) in [6, 6.07) is 0. The van der Waals surface area contributed by atoms with Crippen LogP contribution in [0.3, 0.4) is 0 Å². The smallest absolute Gasteiger partial charge is 0.0779 e. The van der Waals surface area contributed by atoms with Gasteiger partial charge in [-0.3, -0.25) is 0 Å². The number of hydrogen-bond acceptors (Lipinski definition) is 1. The molecule has 2 saturated carbocycles. The second kappa shape index (κ2) is 6.56. The van der Waals surface area contributed by atoms with Gasteiger partial charge in [0.1, 0.15) is 0 Å². The van der Waals surface area contributed by atoms with Crippen LogP contribution < -0.4 is 0 Å². The third kappa shape index (κ3) is 3.70. The molecule has 0 aromatic heterocycles. The van der Waals surface area contributed by atoms with E-state index in [1.165, 1.54) is 57.8 Å². The van der Waals surface area contributed by atoms with Gasteiger partial charge >= 0.3 is 0 Å². The van der Waals surface area contributed by atoms with Gasteiger partial charge in [0.05, 0.1) is 12.2 Å². The van der Waals surface area contributed by atoms with Crippen LogP contribution in [-0.2, 0) is 4.74 Å². The molecule has 0 unspecified atom stereocenters. The van der Waals surface area contributed by atoms with Crippen LogP contribution in [0, 0.1) is 11.8 Å². The molecule has 0 heterocycles. The summed E-state index contributed by atoms with van der Waals surface area (Å²) in [5.41, 5.74) is 0.175. The van der Waals surface area contributed by atoms with E-state index in [1.807, 2.05) is 0 Å². The van der Waals surface area contributed by atoms with Gasteiger partial charge in [0.25, 0.3) is 0 Å². The van der Waals surface area contributed by atoms with Crippen molar-refractivity contribution in [1.82, 2.24) is 0 Å². The summed E-state index contributed by atoms with van der Waals surface area (Å²) in [6.45, 7) is 3.34. The van der Waals surface area contributed by atoms with Gasteiger partial charge in [-0.1, -0.05) is 42.1 Å². The molecule has 0 aromatic carbocycles. The maximum Gasteiger partial charge on any atom is 0.0779 e. The maximum atomic E-state index is 6.35. The van der Waals surface area contributed by atoms with Crippen LogP contribution in [0.15, 0.2) is 0 Å². The van der Waals surface area contributed by atoms with E-state index in [0.29, 0.717) is 0 Å². The molecular weight excluding hydrogens is 276 g/mol. The van der Waals surface area contributed by atoms with Gasteiger partial charge in [-0.25, -0.2) is 0 Å². The summed E-state index contributed by atoms with van der Waals surface area (Å²) < 4.78 is 6.35. The zero-order valence-electron chi connectivity index (χ0n) is 11.2. The third-order valence-corrected chi connectivity index (χ3v) is 5.96. The first-order valence-electron chi connectivity index (χ1n) is 7.48. The quantitative estimate of drug-likeness (QED) is 0.655. The van der Waals surface area contributed by atoms with E-state index in [1.54, 1.807) is 0 Å². The molecule has 1 nitrogen and oxygen atoms in total. The molecule has 2 rings (SSSR count). The second-order valence-electron chi connectivity index (χ2n) is 6.13. The first-order chi connectivity index (χ1) is 8.28. The lowest BCUT2D eigenvalue weighted by Gasteiger charge is -2.39. The van der Waals surface area contributed by atoms with E-state index < -0.39 is 0 Å². The Bertz CT molecular complexity index is 215. The lowest BCUT2D eigenvalue weighted by Crippen LogP contribution is -2.40. The van der Waals surface area contributed by atoms with E-state index in [0.717, 1.165) is 23.8 Å². The number of rotatable bonds is 5. The summed E-state index contributed by atoms with van der Waals surface area (Å²) in [7, 11) is 0. The first-order valence-corrected chi connectivity index (χ1v) is 8.60. The van der Waals surface area contributed by atoms with Crippen LogP contribution in [0.25, 0.3) is 0 Å². The van der Waals surface area contributed by atoms with Crippen molar-refractivity contribution in [2.75, 3.05) is 11.9 Å². The van der Waals surface area contributed by atoms with E-state index >= 15 is 0 Å². The highest BCUT2D eigenvalue weighted by atomic mass is 79.9. The molecule has 0 bridgehead atoms. The van der Waals surface area contributed by atoms with Gasteiger partial charge in [-0.2, -0.15) is 0 Å². The predicted molar refractivity (Wildman–Crippen MR) is 76.7 cm³/mol. The molecule has 2 fully saturated rings. The average Bonchev–Trinajstić information content (AvgIpc) is 2.90. The molecule has 2 aliphatic rings. The number of hydrogen-bond donors (Lipinski definition) is 0. The van der Waals surface area contributed by atoms with Crippen molar-refractivity contribution in [2.24, 2.45) is 11.8 Å². The Morgan fingerprint density at radius 3 is 2.24 bits per heavy atom. The van der Waals surface area contributed by atoms with Crippen molar-refractivity contribution in [3.8, 4) is 0 Å². The molecule has 0 radical (unpaired) electrons. The van der Waals surface area contributed by atoms with Crippen LogP contribution in [-0.4, -0.2) is 17.5 Å². The van der Waals surface area contributed by atoms with Gasteiger partial charge in [0.2, 0.25) is 0 Å². The Morgan fingerprint density at radius 1 is 1.06 bits per heavy atom. The van der Waals surface area contributed by atoms with Gasteiger partial charge < -0.3 is 4.74 Å². The van der Waals surface area contributed by atoms with E-state index in [9.17, 15) is 0 Å². The Kier molecular flexibility index (Phi) is 5.35. The minimum Gasteiger partial charge on any atom is -0.374 e. The van der Waals surface area contributed by atoms with Crippen LogP contribution in [0.5, 0.6) is 0 Å². The number of alkyl halides is 1. The topological polar surface area (TPSA) is 9.23 Å². The molecule has 0 atom stereocenters. The lowest BCUT2D eigenvalue weighted by molar-refractivity contribution is -0.0729. The summed E-state index contributed by atoms with van der Waals surface area (Å²) >= 11 is 3.69. The van der Waals surface area contributed by atoms with Gasteiger partial charge in [0, 0.05) is 5.33 Å². The fourth-order valence-electron chi connectivity index (χ4n) is 3.40. The highest BCUT2D eigenvalue weighted by Gasteiger charge is 2.35. The maximum absolute atomic E-state index is 6.35. The van der Waals surface area contributed by atoms with Crippen molar-refractivity contribution in [3.05, 3.63) is 0 Å². The van der Waals surface area contributed by atoms with Crippen molar-refractivity contribution in [1.29, 1.82) is 0 Å². The summed E-state index contributed by atoms with van der Waals surface area (Å²) in [6.07, 6.45) is 12.3. The zero-order chi connectivity index (χ0) is 12.1. The summed E-state index contributed by atoms with van der Waals surface area (Å²) in [4.78, 5) is 0. The van der Waals surface area contributed by atoms with Crippen molar-refractivity contribution >= 4 is 15.9 Å². The molecule has 0 aliphatic heterocycles. The fraction of sp³-hybridized carbons (Fsp3) is 1.00. The highest BCUT2D eigenvalue weighted by molar-refractivity contribution is 9.09. The third-order valence-electron chi connectivity index (χ3n) is 4.94. The second-order valence-corrected chi connectivity index (χ2v) is 6.69. The largest absolute Gasteiger partial charge is 0.374 e. The Morgan fingerprint density at radius 2 is 1.71 bits per heavy atom. The minimum absolute atomic E-state index is 0.175. The Hall–Kier alpha value is 0.440. The summed E-state index contributed by atoms with van der Waals surface area (Å²) in [5.74, 6) is 1.81. The van der Waals surface area contributed by atoms with E-state index in [-0.39, 0.29) is 5.60 Å². The zero-order valence-corrected chi connectivity index (χ0v) is 12.8. The molecule has 0 saturated heterocycles. The van der Waals surface area contributed by atoms with Gasteiger partial charge in [-0.15, -0.1) is 0 Å². The number of ether oxygens (including phenoxy) is 1. The first kappa shape index (κ1) is 13.9. The van der Waals surface area contributed by atoms with Crippen molar-refractivity contribution < 1.29 is 4.74 Å². The van der Waals surface area contributed by atoms with Crippen LogP contribution >= 0.6 is 15.9 Å².